The van der Waals surface area contributed by atoms with E-state index in [1.807, 2.05) is 0 Å². The molecule has 5 aliphatic rings. The van der Waals surface area contributed by atoms with Gasteiger partial charge in [-0.05, 0) is 55.7 Å². The molecule has 2 bridgehead atoms. The topological polar surface area (TPSA) is 223 Å². The molecule has 0 aromatic heterocycles. The molecule has 234 valence electrons. The Morgan fingerprint density at radius 1 is 1.14 bits per heavy atom. The van der Waals surface area contributed by atoms with Gasteiger partial charge in [-0.25, -0.2) is 4.79 Å². The van der Waals surface area contributed by atoms with Crippen LogP contribution in [0.4, 0.5) is 5.69 Å². The second-order valence-corrected chi connectivity index (χ2v) is 12.3. The number of carbonyl (C=O) groups excluding carboxylic acids is 2. The van der Waals surface area contributed by atoms with Crippen LogP contribution in [0.2, 0.25) is 0 Å². The lowest BCUT2D eigenvalue weighted by Crippen LogP contribution is -2.60. The molecule has 1 amide bonds. The highest BCUT2D eigenvalue weighted by Crippen LogP contribution is 2.64. The van der Waals surface area contributed by atoms with Crippen molar-refractivity contribution < 1.29 is 59.6 Å². The van der Waals surface area contributed by atoms with E-state index in [0.29, 0.717) is 19.3 Å². The summed E-state index contributed by atoms with van der Waals surface area (Å²) in [5.74, 6) is -3.67. The normalized spacial score (nSPS) is 38.5. The number of anilines is 1. The van der Waals surface area contributed by atoms with Crippen molar-refractivity contribution in [3.8, 4) is 11.5 Å². The van der Waals surface area contributed by atoms with Crippen LogP contribution in [0.5, 0.6) is 11.5 Å². The van der Waals surface area contributed by atoms with Gasteiger partial charge in [-0.1, -0.05) is 25.2 Å². The number of carbonyl (C=O) groups is 3. The number of aliphatic hydroxyl groups is 5. The number of aromatic hydroxyl groups is 1. The zero-order valence-corrected chi connectivity index (χ0v) is 23.5. The number of hydrogen-bond acceptors (Lipinski definition) is 11. The minimum atomic E-state index is -1.81. The first-order valence-electron chi connectivity index (χ1n) is 14.2. The number of aliphatic hydroxyl groups excluding tert-OH is 5. The van der Waals surface area contributed by atoms with Crippen molar-refractivity contribution in [2.45, 2.75) is 75.8 Å². The predicted molar refractivity (Wildman–Crippen MR) is 148 cm³/mol. The summed E-state index contributed by atoms with van der Waals surface area (Å²) in [5.41, 5.74) is -1.60. The van der Waals surface area contributed by atoms with Crippen LogP contribution in [0.3, 0.4) is 0 Å². The molecule has 8 N–H and O–H groups in total. The van der Waals surface area contributed by atoms with Gasteiger partial charge in [-0.3, -0.25) is 9.59 Å². The lowest BCUT2D eigenvalue weighted by Gasteiger charge is -2.61. The Morgan fingerprint density at radius 2 is 1.86 bits per heavy atom. The molecule has 1 aliphatic heterocycles. The minimum Gasteiger partial charge on any atom is -0.505 e. The number of benzene rings is 1. The molecule has 1 spiro atoms. The third-order valence-electron chi connectivity index (χ3n) is 9.88. The van der Waals surface area contributed by atoms with Gasteiger partial charge in [0.25, 0.3) is 0 Å². The number of hydrogen-bond donors (Lipinski definition) is 8. The molecule has 4 aliphatic carbocycles. The highest BCUT2D eigenvalue weighted by atomic mass is 16.7. The quantitative estimate of drug-likeness (QED) is 0.150. The Morgan fingerprint density at radius 3 is 2.53 bits per heavy atom. The first-order valence-corrected chi connectivity index (χ1v) is 14.2. The first kappa shape index (κ1) is 31.1. The van der Waals surface area contributed by atoms with E-state index in [4.69, 9.17) is 9.47 Å². The van der Waals surface area contributed by atoms with Crippen LogP contribution in [0.25, 0.3) is 0 Å². The van der Waals surface area contributed by atoms with Crippen molar-refractivity contribution in [1.82, 2.24) is 0 Å². The summed E-state index contributed by atoms with van der Waals surface area (Å²) < 4.78 is 10.9. The summed E-state index contributed by atoms with van der Waals surface area (Å²) >= 11 is 0. The Balaban J connectivity index is 1.37. The summed E-state index contributed by atoms with van der Waals surface area (Å²) in [5, 5.41) is 73.7. The zero-order valence-electron chi connectivity index (χ0n) is 23.5. The molecule has 3 saturated carbocycles. The molecule has 1 saturated heterocycles. The summed E-state index contributed by atoms with van der Waals surface area (Å²) in [7, 11) is 0. The average molecular weight is 604 g/mol. The number of rotatable bonds is 8. The van der Waals surface area contributed by atoms with E-state index in [2.05, 4.69) is 11.9 Å². The number of ketones is 1. The van der Waals surface area contributed by atoms with Crippen molar-refractivity contribution in [1.29, 1.82) is 0 Å². The standard InChI is InChI=1S/C30H37NO12/c1-13-11-30-8-5-19(33)29(2,18(30)9-14(13)10-20(30)34)7-6-21(35)31-22-16(4-3-15(23(22)36)27(40)41)42-28-26(39)25(38)24(37)17(12-32)43-28/h3-5,8,14,17-18,20,24-26,28,32,34,36-39H,1,6-7,9-12H2,2H3,(H,31,35)(H,40,41)/t14-,17+,18-,20+,24+,25-,26+,28+,29+,30+/m0/s1. The van der Waals surface area contributed by atoms with Gasteiger partial charge in [0.15, 0.2) is 11.5 Å². The number of fused-ring (bicyclic) bond motifs is 2. The molecule has 13 nitrogen and oxygen atoms in total. The molecular formula is C30H37NO12. The van der Waals surface area contributed by atoms with Crippen LogP contribution in [-0.4, -0.2) is 96.8 Å². The molecule has 1 heterocycles. The maximum atomic E-state index is 13.3. The molecule has 0 radical (unpaired) electrons. The minimum absolute atomic E-state index is 0.0761. The van der Waals surface area contributed by atoms with Gasteiger partial charge >= 0.3 is 5.97 Å². The van der Waals surface area contributed by atoms with Gasteiger partial charge in [-0.2, -0.15) is 0 Å². The number of carboxylic acids is 1. The lowest BCUT2D eigenvalue weighted by molar-refractivity contribution is -0.277. The third-order valence-corrected chi connectivity index (χ3v) is 9.88. The van der Waals surface area contributed by atoms with Crippen LogP contribution in [0.15, 0.2) is 36.4 Å². The molecule has 13 heteroatoms. The molecule has 4 fully saturated rings. The van der Waals surface area contributed by atoms with E-state index in [1.54, 1.807) is 13.0 Å². The number of ether oxygens (including phenoxy) is 2. The van der Waals surface area contributed by atoms with E-state index < -0.39 is 83.1 Å². The maximum Gasteiger partial charge on any atom is 0.339 e. The maximum absolute atomic E-state index is 13.3. The fourth-order valence-corrected chi connectivity index (χ4v) is 7.29. The van der Waals surface area contributed by atoms with Crippen LogP contribution in [0.1, 0.15) is 49.4 Å². The van der Waals surface area contributed by atoms with Gasteiger partial charge in [0.05, 0.1) is 12.7 Å². The fraction of sp³-hybridized carbons (Fsp3) is 0.567. The third kappa shape index (κ3) is 5.13. The smallest absolute Gasteiger partial charge is 0.339 e. The second-order valence-electron chi connectivity index (χ2n) is 12.3. The van der Waals surface area contributed by atoms with Crippen molar-refractivity contribution in [3.63, 3.8) is 0 Å². The van der Waals surface area contributed by atoms with Gasteiger partial charge in [0.1, 0.15) is 41.4 Å². The Labute approximate surface area is 247 Å². The molecule has 1 aromatic rings. The van der Waals surface area contributed by atoms with E-state index in [9.17, 15) is 50.1 Å². The Kier molecular flexibility index (Phi) is 8.18. The highest BCUT2D eigenvalue weighted by Gasteiger charge is 2.61. The Hall–Kier alpha value is -3.33. The molecular weight excluding hydrogens is 566 g/mol. The second kappa shape index (κ2) is 11.3. The molecule has 6 rings (SSSR count). The SMILES string of the molecule is C=C1C[C@]23C=CC(=O)[C@](C)(CCC(=O)Nc4c(O[C@@H]5O[C@H](CO)[C@@H](O)[C@H](O)[C@H]5O)ccc(C(=O)O)c4O)[C@@H]2C[C@H]1C[C@H]3O. The average Bonchev–Trinajstić information content (AvgIpc) is 2.96. The summed E-state index contributed by atoms with van der Waals surface area (Å²) in [6.45, 7) is 5.23. The van der Waals surface area contributed by atoms with E-state index in [0.717, 1.165) is 17.7 Å². The van der Waals surface area contributed by atoms with E-state index in [-0.39, 0.29) is 36.2 Å². The van der Waals surface area contributed by atoms with E-state index in [1.165, 1.54) is 6.08 Å². The number of allylic oxidation sites excluding steroid dienone is 2. The van der Waals surface area contributed by atoms with Gasteiger partial charge in [0.2, 0.25) is 12.2 Å². The zero-order chi connectivity index (χ0) is 31.4. The van der Waals surface area contributed by atoms with Crippen LogP contribution in [0, 0.1) is 22.7 Å². The predicted octanol–water partition coefficient (Wildman–Crippen LogP) is 0.466. The largest absolute Gasteiger partial charge is 0.505 e. The van der Waals surface area contributed by atoms with Crippen molar-refractivity contribution in [2.24, 2.45) is 22.7 Å². The lowest BCUT2D eigenvalue weighted by atomic mass is 9.43. The fourth-order valence-electron chi connectivity index (χ4n) is 7.29. The summed E-state index contributed by atoms with van der Waals surface area (Å²) in [6, 6.07) is 2.10. The van der Waals surface area contributed by atoms with Crippen LogP contribution < -0.4 is 10.1 Å². The van der Waals surface area contributed by atoms with Gasteiger partial charge < -0.3 is 50.5 Å². The van der Waals surface area contributed by atoms with E-state index >= 15 is 0 Å². The van der Waals surface area contributed by atoms with Crippen LogP contribution >= 0.6 is 0 Å². The molecule has 1 aromatic carbocycles. The van der Waals surface area contributed by atoms with Crippen molar-refractivity contribution in [3.05, 3.63) is 42.0 Å². The summed E-state index contributed by atoms with van der Waals surface area (Å²) in [6.07, 6.45) is -3.89. The number of amides is 1. The van der Waals surface area contributed by atoms with Crippen LogP contribution in [-0.2, 0) is 14.3 Å². The highest BCUT2D eigenvalue weighted by molar-refractivity contribution is 6.00. The number of carboxylic acid groups (broad SMARTS) is 1. The molecule has 0 unspecified atom stereocenters. The molecule has 43 heavy (non-hydrogen) atoms. The monoisotopic (exact) mass is 603 g/mol. The van der Waals surface area contributed by atoms with Crippen molar-refractivity contribution in [2.75, 3.05) is 11.9 Å². The van der Waals surface area contributed by atoms with Gasteiger partial charge in [0, 0.05) is 17.3 Å². The molecule has 10 atom stereocenters. The summed E-state index contributed by atoms with van der Waals surface area (Å²) in [4.78, 5) is 38.2. The number of phenols is 1. The van der Waals surface area contributed by atoms with Crippen molar-refractivity contribution >= 4 is 23.3 Å². The first-order chi connectivity index (χ1) is 20.2. The Bertz CT molecular complexity index is 1360. The number of aromatic carboxylic acids is 1. The number of nitrogens with one attached hydrogen (secondary N) is 1. The van der Waals surface area contributed by atoms with Gasteiger partial charge in [-0.15, -0.1) is 0 Å².